The average Bonchev–Trinajstić information content (AvgIpc) is 3.14. The van der Waals surface area contributed by atoms with Gasteiger partial charge in [-0.1, -0.05) is 25.7 Å². The van der Waals surface area contributed by atoms with Gasteiger partial charge in [-0.15, -0.1) is 0 Å². The Morgan fingerprint density at radius 2 is 2.18 bits per heavy atom. The molecule has 4 nitrogen and oxygen atoms in total. The van der Waals surface area contributed by atoms with Crippen molar-refractivity contribution < 1.29 is 13.9 Å². The van der Waals surface area contributed by atoms with Crippen molar-refractivity contribution in [2.24, 2.45) is 11.8 Å². The molecule has 1 saturated carbocycles. The Labute approximate surface area is 129 Å². The molecule has 22 heavy (non-hydrogen) atoms. The highest BCUT2D eigenvalue weighted by molar-refractivity contribution is 5.72. The van der Waals surface area contributed by atoms with Crippen molar-refractivity contribution in [3.63, 3.8) is 0 Å². The molecule has 1 atom stereocenters. The minimum absolute atomic E-state index is 0.211. The van der Waals surface area contributed by atoms with Gasteiger partial charge >= 0.3 is 0 Å². The standard InChI is InChI=1S/C17H23FN2O2/c18-14-5-6-16-15(8-14)20-17(22-16)10-19-9-13(11-21)7-12-3-1-2-4-12/h5-6,8,12-13,19,21H,1-4,7,9-11H2. The van der Waals surface area contributed by atoms with Gasteiger partial charge in [0.15, 0.2) is 5.58 Å². The highest BCUT2D eigenvalue weighted by atomic mass is 19.1. The summed E-state index contributed by atoms with van der Waals surface area (Å²) in [5.41, 5.74) is 1.14. The van der Waals surface area contributed by atoms with Crippen LogP contribution in [0.4, 0.5) is 4.39 Å². The number of hydrogen-bond donors (Lipinski definition) is 2. The molecule has 1 aromatic heterocycles. The summed E-state index contributed by atoms with van der Waals surface area (Å²) < 4.78 is 18.7. The van der Waals surface area contributed by atoms with E-state index in [4.69, 9.17) is 4.42 Å². The number of nitrogens with zero attached hydrogens (tertiary/aromatic N) is 1. The van der Waals surface area contributed by atoms with Crippen molar-refractivity contribution >= 4 is 11.1 Å². The first-order valence-electron chi connectivity index (χ1n) is 8.11. The molecule has 0 aliphatic heterocycles. The summed E-state index contributed by atoms with van der Waals surface area (Å²) in [6.07, 6.45) is 6.34. The number of halogens is 1. The largest absolute Gasteiger partial charge is 0.439 e. The maximum atomic E-state index is 13.1. The Kier molecular flexibility index (Phi) is 5.05. The predicted molar refractivity (Wildman–Crippen MR) is 82.8 cm³/mol. The second kappa shape index (κ2) is 7.20. The molecule has 1 fully saturated rings. The van der Waals surface area contributed by atoms with E-state index in [0.717, 1.165) is 18.9 Å². The molecule has 3 rings (SSSR count). The molecule has 5 heteroatoms. The molecule has 0 amide bonds. The monoisotopic (exact) mass is 306 g/mol. The highest BCUT2D eigenvalue weighted by Gasteiger charge is 2.19. The lowest BCUT2D eigenvalue weighted by molar-refractivity contribution is 0.196. The number of aliphatic hydroxyl groups is 1. The first-order chi connectivity index (χ1) is 10.7. The van der Waals surface area contributed by atoms with Crippen molar-refractivity contribution in [2.75, 3.05) is 13.2 Å². The van der Waals surface area contributed by atoms with Crippen LogP contribution < -0.4 is 5.32 Å². The molecule has 1 aromatic carbocycles. The molecule has 0 radical (unpaired) electrons. The van der Waals surface area contributed by atoms with Gasteiger partial charge in [-0.25, -0.2) is 9.37 Å². The number of rotatable bonds is 7. The van der Waals surface area contributed by atoms with Gasteiger partial charge in [0, 0.05) is 19.2 Å². The molecule has 0 spiro atoms. The van der Waals surface area contributed by atoms with Crippen LogP contribution in [0.5, 0.6) is 0 Å². The molecule has 2 aromatic rings. The third-order valence-electron chi connectivity index (χ3n) is 4.50. The van der Waals surface area contributed by atoms with Crippen LogP contribution in [0, 0.1) is 17.7 Å². The van der Waals surface area contributed by atoms with E-state index in [0.29, 0.717) is 23.5 Å². The fraction of sp³-hybridized carbons (Fsp3) is 0.588. The second-order valence-corrected chi connectivity index (χ2v) is 6.29. The molecule has 1 heterocycles. The van der Waals surface area contributed by atoms with Crippen molar-refractivity contribution in [1.29, 1.82) is 0 Å². The van der Waals surface area contributed by atoms with Gasteiger partial charge in [0.2, 0.25) is 5.89 Å². The summed E-state index contributed by atoms with van der Waals surface area (Å²) in [5.74, 6) is 1.30. The van der Waals surface area contributed by atoms with Crippen LogP contribution in [0.3, 0.4) is 0 Å². The number of aliphatic hydroxyl groups excluding tert-OH is 1. The summed E-state index contributed by atoms with van der Waals surface area (Å²) >= 11 is 0. The fourth-order valence-corrected chi connectivity index (χ4v) is 3.35. The van der Waals surface area contributed by atoms with E-state index in [1.165, 1.54) is 37.8 Å². The van der Waals surface area contributed by atoms with Crippen LogP contribution in [0.15, 0.2) is 22.6 Å². The zero-order valence-corrected chi connectivity index (χ0v) is 12.7. The Hall–Kier alpha value is -1.46. The van der Waals surface area contributed by atoms with Gasteiger partial charge in [-0.3, -0.25) is 0 Å². The molecular formula is C17H23FN2O2. The number of oxazole rings is 1. The van der Waals surface area contributed by atoms with Gasteiger partial charge in [0.05, 0.1) is 6.54 Å². The summed E-state index contributed by atoms with van der Waals surface area (Å²) in [6.45, 7) is 1.46. The van der Waals surface area contributed by atoms with Gasteiger partial charge in [0.25, 0.3) is 0 Å². The SMILES string of the molecule is OCC(CNCc1nc2cc(F)ccc2o1)CC1CCCC1. The van der Waals surface area contributed by atoms with Gasteiger partial charge < -0.3 is 14.8 Å². The molecule has 1 aliphatic rings. The van der Waals surface area contributed by atoms with E-state index < -0.39 is 0 Å². The van der Waals surface area contributed by atoms with Crippen molar-refractivity contribution in [1.82, 2.24) is 10.3 Å². The highest BCUT2D eigenvalue weighted by Crippen LogP contribution is 2.30. The maximum Gasteiger partial charge on any atom is 0.209 e. The maximum absolute atomic E-state index is 13.1. The summed E-state index contributed by atoms with van der Waals surface area (Å²) in [6, 6.07) is 4.34. The van der Waals surface area contributed by atoms with E-state index in [1.807, 2.05) is 0 Å². The third-order valence-corrected chi connectivity index (χ3v) is 4.50. The lowest BCUT2D eigenvalue weighted by Crippen LogP contribution is -2.26. The van der Waals surface area contributed by atoms with Crippen molar-refractivity contribution in [2.45, 2.75) is 38.6 Å². The van der Waals surface area contributed by atoms with Crippen LogP contribution in [0.1, 0.15) is 38.0 Å². The first-order valence-corrected chi connectivity index (χ1v) is 8.11. The van der Waals surface area contributed by atoms with Gasteiger partial charge in [-0.05, 0) is 30.4 Å². The van der Waals surface area contributed by atoms with Gasteiger partial charge in [0.1, 0.15) is 11.3 Å². The third kappa shape index (κ3) is 3.84. The minimum Gasteiger partial charge on any atom is -0.439 e. The van der Waals surface area contributed by atoms with E-state index in [1.54, 1.807) is 6.07 Å². The Morgan fingerprint density at radius 3 is 2.95 bits per heavy atom. The van der Waals surface area contributed by atoms with Crippen molar-refractivity contribution in [3.8, 4) is 0 Å². The quantitative estimate of drug-likeness (QED) is 0.824. The molecule has 120 valence electrons. The Morgan fingerprint density at radius 1 is 1.36 bits per heavy atom. The number of fused-ring (bicyclic) bond motifs is 1. The zero-order chi connectivity index (χ0) is 15.4. The van der Waals surface area contributed by atoms with E-state index in [2.05, 4.69) is 10.3 Å². The van der Waals surface area contributed by atoms with Crippen LogP contribution in [-0.4, -0.2) is 23.2 Å². The summed E-state index contributed by atoms with van der Waals surface area (Å²) in [5, 5.41) is 12.8. The number of benzene rings is 1. The molecule has 0 saturated heterocycles. The Balaban J connectivity index is 1.49. The van der Waals surface area contributed by atoms with Crippen LogP contribution in [0.25, 0.3) is 11.1 Å². The number of aromatic nitrogens is 1. The number of nitrogens with one attached hydrogen (secondary N) is 1. The van der Waals surface area contributed by atoms with Crippen LogP contribution >= 0.6 is 0 Å². The van der Waals surface area contributed by atoms with E-state index >= 15 is 0 Å². The molecule has 2 N–H and O–H groups in total. The molecule has 0 bridgehead atoms. The van der Waals surface area contributed by atoms with Crippen LogP contribution in [0.2, 0.25) is 0 Å². The number of hydrogen-bond acceptors (Lipinski definition) is 4. The van der Waals surface area contributed by atoms with E-state index in [-0.39, 0.29) is 18.3 Å². The lowest BCUT2D eigenvalue weighted by atomic mass is 9.94. The summed E-state index contributed by atoms with van der Waals surface area (Å²) in [4.78, 5) is 4.27. The topological polar surface area (TPSA) is 58.3 Å². The molecular weight excluding hydrogens is 283 g/mol. The molecule has 1 aliphatic carbocycles. The normalized spacial score (nSPS) is 17.4. The van der Waals surface area contributed by atoms with Gasteiger partial charge in [-0.2, -0.15) is 0 Å². The summed E-state index contributed by atoms with van der Waals surface area (Å²) in [7, 11) is 0. The second-order valence-electron chi connectivity index (χ2n) is 6.29. The average molecular weight is 306 g/mol. The molecule has 1 unspecified atom stereocenters. The first kappa shape index (κ1) is 15.4. The smallest absolute Gasteiger partial charge is 0.209 e. The Bertz CT molecular complexity index is 608. The van der Waals surface area contributed by atoms with Crippen LogP contribution in [-0.2, 0) is 6.54 Å². The van der Waals surface area contributed by atoms with E-state index in [9.17, 15) is 9.50 Å². The van der Waals surface area contributed by atoms with Crippen molar-refractivity contribution in [3.05, 3.63) is 29.9 Å². The minimum atomic E-state index is -0.308. The fourth-order valence-electron chi connectivity index (χ4n) is 3.35. The zero-order valence-electron chi connectivity index (χ0n) is 12.7. The predicted octanol–water partition coefficient (Wildman–Crippen LogP) is 3.25. The lowest BCUT2D eigenvalue weighted by Gasteiger charge is -2.18.